The quantitative estimate of drug-likeness (QED) is 0.358. The maximum atomic E-state index is 13.8. The standard InChI is InChI=1S/C33H40N2O3/c1-24-14-17-28(18-15-24)22-35(32(36)23-38-30-19-16-25(2)26(3)20-30)31(21-27-10-6-4-7-11-27)33(37)34-29-12-8-5-9-13-29/h4,6-7,10-11,14-20,29,31H,5,8-9,12-13,21-23H2,1-3H3,(H,34,37)/t31-/m0/s1. The van der Waals surface area contributed by atoms with Crippen LogP contribution in [0.15, 0.2) is 72.8 Å². The van der Waals surface area contributed by atoms with E-state index in [1.165, 1.54) is 12.0 Å². The lowest BCUT2D eigenvalue weighted by molar-refractivity contribution is -0.143. The number of nitrogens with one attached hydrogen (secondary N) is 1. The second-order valence-corrected chi connectivity index (χ2v) is 10.6. The van der Waals surface area contributed by atoms with E-state index in [2.05, 4.69) is 5.32 Å². The molecule has 0 heterocycles. The van der Waals surface area contributed by atoms with Crippen molar-refractivity contribution in [1.82, 2.24) is 10.2 Å². The van der Waals surface area contributed by atoms with E-state index in [9.17, 15) is 9.59 Å². The molecule has 1 fully saturated rings. The monoisotopic (exact) mass is 512 g/mol. The van der Waals surface area contributed by atoms with Crippen molar-refractivity contribution in [3.05, 3.63) is 101 Å². The summed E-state index contributed by atoms with van der Waals surface area (Å²) in [6.45, 7) is 6.33. The Morgan fingerprint density at radius 1 is 0.868 bits per heavy atom. The molecule has 200 valence electrons. The Bertz CT molecular complexity index is 1200. The number of carbonyl (C=O) groups is 2. The molecule has 0 bridgehead atoms. The van der Waals surface area contributed by atoms with Gasteiger partial charge in [-0.15, -0.1) is 0 Å². The molecule has 0 radical (unpaired) electrons. The molecule has 0 aliphatic heterocycles. The Morgan fingerprint density at radius 2 is 1.58 bits per heavy atom. The summed E-state index contributed by atoms with van der Waals surface area (Å²) in [4.78, 5) is 29.3. The first kappa shape index (κ1) is 27.4. The van der Waals surface area contributed by atoms with Gasteiger partial charge in [0, 0.05) is 19.0 Å². The molecule has 1 saturated carbocycles. The van der Waals surface area contributed by atoms with Crippen molar-refractivity contribution in [2.45, 2.75) is 77.9 Å². The zero-order chi connectivity index (χ0) is 26.9. The largest absolute Gasteiger partial charge is 0.484 e. The fourth-order valence-corrected chi connectivity index (χ4v) is 5.02. The van der Waals surface area contributed by atoms with E-state index in [4.69, 9.17) is 4.74 Å². The maximum Gasteiger partial charge on any atom is 0.261 e. The zero-order valence-electron chi connectivity index (χ0n) is 22.9. The zero-order valence-corrected chi connectivity index (χ0v) is 22.9. The van der Waals surface area contributed by atoms with Gasteiger partial charge in [-0.25, -0.2) is 0 Å². The van der Waals surface area contributed by atoms with Crippen LogP contribution in [0.25, 0.3) is 0 Å². The number of nitrogens with zero attached hydrogens (tertiary/aromatic N) is 1. The number of benzene rings is 3. The molecule has 0 aromatic heterocycles. The highest BCUT2D eigenvalue weighted by atomic mass is 16.5. The Kier molecular flexibility index (Phi) is 9.58. The van der Waals surface area contributed by atoms with Gasteiger partial charge < -0.3 is 15.0 Å². The van der Waals surface area contributed by atoms with E-state index < -0.39 is 6.04 Å². The summed E-state index contributed by atoms with van der Waals surface area (Å²) in [7, 11) is 0. The van der Waals surface area contributed by atoms with Crippen molar-refractivity contribution in [3.8, 4) is 5.75 Å². The van der Waals surface area contributed by atoms with Crippen LogP contribution in [0.4, 0.5) is 0 Å². The first-order valence-electron chi connectivity index (χ1n) is 13.8. The Balaban J connectivity index is 1.60. The van der Waals surface area contributed by atoms with E-state index in [1.807, 2.05) is 93.6 Å². The van der Waals surface area contributed by atoms with Gasteiger partial charge in [-0.2, -0.15) is 0 Å². The van der Waals surface area contributed by atoms with E-state index in [0.717, 1.165) is 47.9 Å². The summed E-state index contributed by atoms with van der Waals surface area (Å²) in [5.74, 6) is 0.360. The first-order chi connectivity index (χ1) is 18.4. The SMILES string of the molecule is Cc1ccc(CN(C(=O)COc2ccc(C)c(C)c2)[C@@H](Cc2ccccc2)C(=O)NC2CCCCC2)cc1. The molecule has 3 aromatic rings. The van der Waals surface area contributed by atoms with Crippen LogP contribution in [-0.4, -0.2) is 35.4 Å². The van der Waals surface area contributed by atoms with Crippen molar-refractivity contribution in [1.29, 1.82) is 0 Å². The summed E-state index contributed by atoms with van der Waals surface area (Å²) in [6.07, 6.45) is 5.90. The van der Waals surface area contributed by atoms with Gasteiger partial charge in [0.2, 0.25) is 5.91 Å². The molecule has 1 N–H and O–H groups in total. The molecule has 0 saturated heterocycles. The van der Waals surface area contributed by atoms with Crippen molar-refractivity contribution >= 4 is 11.8 Å². The molecule has 4 rings (SSSR count). The number of hydrogen-bond acceptors (Lipinski definition) is 3. The van der Waals surface area contributed by atoms with Gasteiger partial charge in [-0.1, -0.05) is 85.5 Å². The highest BCUT2D eigenvalue weighted by Gasteiger charge is 2.32. The second-order valence-electron chi connectivity index (χ2n) is 10.6. The molecular weight excluding hydrogens is 472 g/mol. The Labute approximate surface area is 227 Å². The van der Waals surface area contributed by atoms with Crippen LogP contribution in [0.1, 0.15) is 59.9 Å². The Hall–Kier alpha value is -3.60. The van der Waals surface area contributed by atoms with Crippen molar-refractivity contribution < 1.29 is 14.3 Å². The van der Waals surface area contributed by atoms with Gasteiger partial charge in [0.15, 0.2) is 6.61 Å². The molecule has 3 aromatic carbocycles. The third-order valence-corrected chi connectivity index (χ3v) is 7.54. The van der Waals surface area contributed by atoms with E-state index in [0.29, 0.717) is 18.7 Å². The minimum Gasteiger partial charge on any atom is -0.484 e. The molecule has 0 unspecified atom stereocenters. The van der Waals surface area contributed by atoms with Crippen molar-refractivity contribution in [2.24, 2.45) is 0 Å². The summed E-state index contributed by atoms with van der Waals surface area (Å²) in [5.41, 5.74) is 5.44. The number of carbonyl (C=O) groups excluding carboxylic acids is 2. The average molecular weight is 513 g/mol. The van der Waals surface area contributed by atoms with Gasteiger partial charge in [0.05, 0.1) is 0 Å². The molecule has 5 nitrogen and oxygen atoms in total. The third-order valence-electron chi connectivity index (χ3n) is 7.54. The highest BCUT2D eigenvalue weighted by Crippen LogP contribution is 2.21. The first-order valence-corrected chi connectivity index (χ1v) is 13.8. The lowest BCUT2D eigenvalue weighted by Crippen LogP contribution is -2.53. The maximum absolute atomic E-state index is 13.8. The Morgan fingerprint density at radius 3 is 2.26 bits per heavy atom. The van der Waals surface area contributed by atoms with Crippen LogP contribution in [0.3, 0.4) is 0 Å². The van der Waals surface area contributed by atoms with Crippen LogP contribution in [-0.2, 0) is 22.6 Å². The highest BCUT2D eigenvalue weighted by molar-refractivity contribution is 5.88. The van der Waals surface area contributed by atoms with Gasteiger partial charge in [0.25, 0.3) is 5.91 Å². The van der Waals surface area contributed by atoms with Gasteiger partial charge >= 0.3 is 0 Å². The van der Waals surface area contributed by atoms with Crippen molar-refractivity contribution in [3.63, 3.8) is 0 Å². The summed E-state index contributed by atoms with van der Waals surface area (Å²) >= 11 is 0. The van der Waals surface area contributed by atoms with Crippen LogP contribution < -0.4 is 10.1 Å². The molecule has 38 heavy (non-hydrogen) atoms. The summed E-state index contributed by atoms with van der Waals surface area (Å²) in [5, 5.41) is 3.28. The number of aryl methyl sites for hydroxylation is 3. The molecule has 0 spiro atoms. The molecular formula is C33H40N2O3. The predicted octanol–water partition coefficient (Wildman–Crippen LogP) is 6.08. The predicted molar refractivity (Wildman–Crippen MR) is 152 cm³/mol. The second kappa shape index (κ2) is 13.3. The summed E-state index contributed by atoms with van der Waals surface area (Å²) < 4.78 is 5.95. The molecule has 1 aliphatic carbocycles. The number of amides is 2. The average Bonchev–Trinajstić information content (AvgIpc) is 2.93. The summed E-state index contributed by atoms with van der Waals surface area (Å²) in [6, 6.07) is 23.4. The fraction of sp³-hybridized carbons (Fsp3) is 0.394. The normalized spacial score (nSPS) is 14.5. The van der Waals surface area contributed by atoms with E-state index >= 15 is 0 Å². The van der Waals surface area contributed by atoms with Crippen LogP contribution in [0, 0.1) is 20.8 Å². The molecule has 2 amide bonds. The lowest BCUT2D eigenvalue weighted by atomic mass is 9.94. The van der Waals surface area contributed by atoms with Crippen molar-refractivity contribution in [2.75, 3.05) is 6.61 Å². The van der Waals surface area contributed by atoms with Crippen LogP contribution in [0.5, 0.6) is 5.75 Å². The third kappa shape index (κ3) is 7.70. The minimum atomic E-state index is -0.642. The number of rotatable bonds is 10. The topological polar surface area (TPSA) is 58.6 Å². The number of ether oxygens (including phenoxy) is 1. The van der Waals surface area contributed by atoms with Gasteiger partial charge in [0.1, 0.15) is 11.8 Å². The van der Waals surface area contributed by atoms with E-state index in [1.54, 1.807) is 4.90 Å². The van der Waals surface area contributed by atoms with Gasteiger partial charge in [-0.3, -0.25) is 9.59 Å². The number of hydrogen-bond donors (Lipinski definition) is 1. The minimum absolute atomic E-state index is 0.0904. The molecule has 1 atom stereocenters. The van der Waals surface area contributed by atoms with Crippen LogP contribution >= 0.6 is 0 Å². The van der Waals surface area contributed by atoms with Crippen LogP contribution in [0.2, 0.25) is 0 Å². The van der Waals surface area contributed by atoms with E-state index in [-0.39, 0.29) is 24.5 Å². The lowest BCUT2D eigenvalue weighted by Gasteiger charge is -2.33. The fourth-order valence-electron chi connectivity index (χ4n) is 5.02. The molecule has 1 aliphatic rings. The smallest absolute Gasteiger partial charge is 0.261 e. The van der Waals surface area contributed by atoms with Gasteiger partial charge in [-0.05, 0) is 68.0 Å². The molecule has 5 heteroatoms.